The van der Waals surface area contributed by atoms with Crippen LogP contribution in [0.15, 0.2) is 24.3 Å². The van der Waals surface area contributed by atoms with Crippen molar-refractivity contribution in [3.8, 4) is 0 Å². The summed E-state index contributed by atoms with van der Waals surface area (Å²) in [6, 6.07) is -0.776. The molecule has 296 valence electrons. The van der Waals surface area contributed by atoms with Crippen molar-refractivity contribution in [1.82, 2.24) is 5.32 Å². The van der Waals surface area contributed by atoms with Crippen molar-refractivity contribution in [2.45, 2.75) is 212 Å². The molecule has 0 bridgehead atoms. The molecule has 0 radical (unpaired) electrons. The lowest BCUT2D eigenvalue weighted by Crippen LogP contribution is -2.46. The number of aliphatic hydroxyl groups is 1. The molecule has 0 heterocycles. The van der Waals surface area contributed by atoms with Crippen LogP contribution in [0, 0.1) is 0 Å². The molecule has 0 saturated heterocycles. The first-order chi connectivity index (χ1) is 24.4. The standard InChI is InChI=1S/C41H81N2O6P/c1-3-5-7-9-11-13-15-17-19-20-21-23-25-27-29-31-33-35-41(45)43-39(38-49-50(46,47)48-37-36-42)40(44)34-32-30-28-26-24-22-18-16-14-12-10-8-6-4-2/h11,13,17,19,39-40,44H,3-10,12,14-16,18,20-38,42H2,1-2H3,(H,43,45)(H,46,47)/b13-11-,19-17-. The van der Waals surface area contributed by atoms with E-state index in [4.69, 9.17) is 14.8 Å². The van der Waals surface area contributed by atoms with Gasteiger partial charge in [0.05, 0.1) is 25.4 Å². The van der Waals surface area contributed by atoms with Gasteiger partial charge in [0.1, 0.15) is 0 Å². The highest BCUT2D eigenvalue weighted by Gasteiger charge is 2.27. The fraction of sp³-hybridized carbons (Fsp3) is 0.878. The van der Waals surface area contributed by atoms with Crippen LogP contribution in [0.3, 0.4) is 0 Å². The minimum absolute atomic E-state index is 0.0878. The van der Waals surface area contributed by atoms with Crippen LogP contribution in [0.4, 0.5) is 0 Å². The molecule has 8 nitrogen and oxygen atoms in total. The summed E-state index contributed by atoms with van der Waals surface area (Å²) in [4.78, 5) is 22.7. The second-order valence-corrected chi connectivity index (χ2v) is 15.7. The molecule has 3 atom stereocenters. The second kappa shape index (κ2) is 37.7. The van der Waals surface area contributed by atoms with Gasteiger partial charge in [0.25, 0.3) is 0 Å². The maximum Gasteiger partial charge on any atom is 0.472 e. The lowest BCUT2D eigenvalue weighted by Gasteiger charge is -2.25. The molecule has 3 unspecified atom stereocenters. The van der Waals surface area contributed by atoms with Crippen LogP contribution in [0.2, 0.25) is 0 Å². The van der Waals surface area contributed by atoms with Crippen LogP contribution in [0.25, 0.3) is 0 Å². The molecular formula is C41H81N2O6P. The van der Waals surface area contributed by atoms with Crippen molar-refractivity contribution >= 4 is 13.7 Å². The Morgan fingerprint density at radius 1 is 0.660 bits per heavy atom. The number of hydrogen-bond acceptors (Lipinski definition) is 6. The molecule has 0 aromatic carbocycles. The monoisotopic (exact) mass is 729 g/mol. The third kappa shape index (κ3) is 35.4. The maximum absolute atomic E-state index is 12.7. The average Bonchev–Trinajstić information content (AvgIpc) is 3.10. The maximum atomic E-state index is 12.7. The van der Waals surface area contributed by atoms with E-state index in [-0.39, 0.29) is 25.7 Å². The van der Waals surface area contributed by atoms with E-state index >= 15 is 0 Å². The smallest absolute Gasteiger partial charge is 0.391 e. The number of nitrogens with two attached hydrogens (primary N) is 1. The molecule has 0 aromatic rings. The van der Waals surface area contributed by atoms with Crippen molar-refractivity contribution < 1.29 is 28.4 Å². The van der Waals surface area contributed by atoms with Crippen LogP contribution in [0.1, 0.15) is 200 Å². The Bertz CT molecular complexity index is 840. The number of allylic oxidation sites excluding steroid dienone is 4. The Hall–Kier alpha value is -1.02. The first-order valence-corrected chi connectivity index (χ1v) is 22.4. The number of nitrogens with one attached hydrogen (secondary N) is 1. The molecule has 5 N–H and O–H groups in total. The van der Waals surface area contributed by atoms with Gasteiger partial charge in [-0.05, 0) is 44.9 Å². The summed E-state index contributed by atoms with van der Waals surface area (Å²) >= 11 is 0. The first-order valence-electron chi connectivity index (χ1n) is 21.0. The Morgan fingerprint density at radius 3 is 1.62 bits per heavy atom. The van der Waals surface area contributed by atoms with E-state index in [0.29, 0.717) is 12.8 Å². The molecule has 9 heteroatoms. The average molecular weight is 729 g/mol. The Balaban J connectivity index is 4.19. The molecule has 0 aliphatic carbocycles. The van der Waals surface area contributed by atoms with Crippen molar-refractivity contribution in [1.29, 1.82) is 0 Å². The van der Waals surface area contributed by atoms with Gasteiger partial charge in [-0.3, -0.25) is 13.8 Å². The Morgan fingerprint density at radius 2 is 1.10 bits per heavy atom. The molecule has 0 rings (SSSR count). The Labute approximate surface area is 308 Å². The largest absolute Gasteiger partial charge is 0.472 e. The van der Waals surface area contributed by atoms with Gasteiger partial charge < -0.3 is 21.1 Å². The summed E-state index contributed by atoms with van der Waals surface area (Å²) in [6.45, 7) is 4.18. The topological polar surface area (TPSA) is 131 Å². The SMILES string of the molecule is CCCCC/C=C\C/C=C\CCCCCCCCCC(=O)NC(COP(=O)(O)OCCN)C(O)CCCCCCCCCCCCCCCC. The third-order valence-corrected chi connectivity index (χ3v) is 10.3. The van der Waals surface area contributed by atoms with Crippen molar-refractivity contribution in [2.24, 2.45) is 5.73 Å². The second-order valence-electron chi connectivity index (χ2n) is 14.2. The van der Waals surface area contributed by atoms with E-state index in [9.17, 15) is 19.4 Å². The Kier molecular flexibility index (Phi) is 37.0. The molecule has 0 aliphatic heterocycles. The van der Waals surface area contributed by atoms with Crippen LogP contribution in [-0.4, -0.2) is 47.8 Å². The molecule has 0 aromatic heterocycles. The minimum Gasteiger partial charge on any atom is -0.391 e. The normalized spacial score (nSPS) is 14.4. The first kappa shape index (κ1) is 49.0. The fourth-order valence-electron chi connectivity index (χ4n) is 6.11. The van der Waals surface area contributed by atoms with Crippen LogP contribution < -0.4 is 11.1 Å². The number of carbonyl (C=O) groups excluding carboxylic acids is 1. The number of unbranched alkanes of at least 4 members (excludes halogenated alkanes) is 23. The zero-order valence-corrected chi connectivity index (χ0v) is 33.5. The van der Waals surface area contributed by atoms with Gasteiger partial charge in [-0.25, -0.2) is 4.57 Å². The molecule has 0 saturated carbocycles. The number of carbonyl (C=O) groups is 1. The van der Waals surface area contributed by atoms with Crippen molar-refractivity contribution in [3.63, 3.8) is 0 Å². The number of amides is 1. The molecule has 0 aliphatic rings. The van der Waals surface area contributed by atoms with E-state index in [2.05, 4.69) is 43.5 Å². The van der Waals surface area contributed by atoms with Gasteiger partial charge in [-0.15, -0.1) is 0 Å². The molecule has 0 fully saturated rings. The number of aliphatic hydroxyl groups excluding tert-OH is 1. The predicted octanol–water partition coefficient (Wildman–Crippen LogP) is 11.4. The highest BCUT2D eigenvalue weighted by atomic mass is 31.2. The van der Waals surface area contributed by atoms with Gasteiger partial charge in [0, 0.05) is 13.0 Å². The van der Waals surface area contributed by atoms with Crippen LogP contribution in [0.5, 0.6) is 0 Å². The molecule has 1 amide bonds. The summed E-state index contributed by atoms with van der Waals surface area (Å²) in [6.07, 6.45) is 41.7. The minimum atomic E-state index is -4.31. The summed E-state index contributed by atoms with van der Waals surface area (Å²) in [7, 11) is -4.31. The van der Waals surface area contributed by atoms with Crippen LogP contribution in [-0.2, 0) is 18.4 Å². The zero-order valence-electron chi connectivity index (χ0n) is 32.6. The highest BCUT2D eigenvalue weighted by molar-refractivity contribution is 7.47. The predicted molar refractivity (Wildman–Crippen MR) is 212 cm³/mol. The third-order valence-electron chi connectivity index (χ3n) is 9.31. The lowest BCUT2D eigenvalue weighted by molar-refractivity contribution is -0.123. The summed E-state index contributed by atoms with van der Waals surface area (Å²) < 4.78 is 22.1. The van der Waals surface area contributed by atoms with Gasteiger partial charge in [0.2, 0.25) is 5.91 Å². The summed E-state index contributed by atoms with van der Waals surface area (Å²) in [5.74, 6) is -0.170. The van der Waals surface area contributed by atoms with E-state index in [1.165, 1.54) is 122 Å². The highest BCUT2D eigenvalue weighted by Crippen LogP contribution is 2.43. The van der Waals surface area contributed by atoms with Crippen molar-refractivity contribution in [3.05, 3.63) is 24.3 Å². The van der Waals surface area contributed by atoms with Gasteiger partial charge in [-0.2, -0.15) is 0 Å². The lowest BCUT2D eigenvalue weighted by atomic mass is 10.0. The van der Waals surface area contributed by atoms with Crippen LogP contribution >= 0.6 is 7.82 Å². The fourth-order valence-corrected chi connectivity index (χ4v) is 6.87. The molecular weight excluding hydrogens is 647 g/mol. The molecule has 50 heavy (non-hydrogen) atoms. The summed E-state index contributed by atoms with van der Waals surface area (Å²) in [5, 5.41) is 13.8. The van der Waals surface area contributed by atoms with Crippen molar-refractivity contribution in [2.75, 3.05) is 19.8 Å². The van der Waals surface area contributed by atoms with Gasteiger partial charge in [-0.1, -0.05) is 173 Å². The quantitative estimate of drug-likeness (QED) is 0.0281. The molecule has 0 spiro atoms. The van der Waals surface area contributed by atoms with E-state index < -0.39 is 20.0 Å². The summed E-state index contributed by atoms with van der Waals surface area (Å²) in [5.41, 5.74) is 5.37. The van der Waals surface area contributed by atoms with E-state index in [0.717, 1.165) is 51.4 Å². The number of rotatable bonds is 39. The number of phosphoric acid groups is 1. The zero-order chi connectivity index (χ0) is 36.8. The number of phosphoric ester groups is 1. The van der Waals surface area contributed by atoms with E-state index in [1.54, 1.807) is 0 Å². The van der Waals surface area contributed by atoms with Gasteiger partial charge >= 0.3 is 7.82 Å². The van der Waals surface area contributed by atoms with Gasteiger partial charge in [0.15, 0.2) is 0 Å². The number of hydrogen-bond donors (Lipinski definition) is 4. The van der Waals surface area contributed by atoms with E-state index in [1.807, 2.05) is 0 Å².